The van der Waals surface area contributed by atoms with Gasteiger partial charge in [0.1, 0.15) is 0 Å². The van der Waals surface area contributed by atoms with Gasteiger partial charge in [-0.25, -0.2) is 0 Å². The van der Waals surface area contributed by atoms with Crippen molar-refractivity contribution in [2.75, 3.05) is 39.3 Å². The van der Waals surface area contributed by atoms with Crippen LogP contribution < -0.4 is 5.32 Å². The number of rotatable bonds is 6. The second-order valence-corrected chi connectivity index (χ2v) is 6.51. The van der Waals surface area contributed by atoms with Crippen molar-refractivity contribution in [3.05, 3.63) is 0 Å². The molecule has 2 aliphatic rings. The van der Waals surface area contributed by atoms with Crippen molar-refractivity contribution >= 4 is 5.96 Å². The minimum Gasteiger partial charge on any atom is -0.357 e. The maximum Gasteiger partial charge on any atom is 0.193 e. The van der Waals surface area contributed by atoms with E-state index in [1.54, 1.807) is 0 Å². The third kappa shape index (κ3) is 4.60. The number of likely N-dealkylation sites (tertiary alicyclic amines) is 2. The van der Waals surface area contributed by atoms with Crippen molar-refractivity contribution in [2.45, 2.75) is 58.9 Å². The van der Waals surface area contributed by atoms with Gasteiger partial charge in [-0.3, -0.25) is 9.89 Å². The molecular weight excluding hydrogens is 260 g/mol. The highest BCUT2D eigenvalue weighted by Gasteiger charge is 2.30. The summed E-state index contributed by atoms with van der Waals surface area (Å²) in [7, 11) is 0. The molecule has 0 bridgehead atoms. The van der Waals surface area contributed by atoms with Crippen LogP contribution in [0.5, 0.6) is 0 Å². The van der Waals surface area contributed by atoms with Crippen LogP contribution in [0, 0.1) is 5.92 Å². The highest BCUT2D eigenvalue weighted by atomic mass is 15.3. The lowest BCUT2D eigenvalue weighted by Gasteiger charge is -2.25. The summed E-state index contributed by atoms with van der Waals surface area (Å²) in [4.78, 5) is 10.1. The maximum atomic E-state index is 4.91. The van der Waals surface area contributed by atoms with Gasteiger partial charge in [-0.05, 0) is 45.2 Å². The summed E-state index contributed by atoms with van der Waals surface area (Å²) in [5.41, 5.74) is 0. The van der Waals surface area contributed by atoms with E-state index in [2.05, 4.69) is 35.9 Å². The molecule has 0 spiro atoms. The Morgan fingerprint density at radius 3 is 2.48 bits per heavy atom. The van der Waals surface area contributed by atoms with Gasteiger partial charge in [-0.1, -0.05) is 26.7 Å². The van der Waals surface area contributed by atoms with Crippen LogP contribution in [0.1, 0.15) is 52.9 Å². The van der Waals surface area contributed by atoms with Gasteiger partial charge < -0.3 is 10.2 Å². The van der Waals surface area contributed by atoms with Crippen LogP contribution in [0.25, 0.3) is 0 Å². The Balaban J connectivity index is 1.90. The van der Waals surface area contributed by atoms with Crippen molar-refractivity contribution in [3.8, 4) is 0 Å². The topological polar surface area (TPSA) is 30.9 Å². The third-order valence-corrected chi connectivity index (χ3v) is 5.11. The fraction of sp³-hybridized carbons (Fsp3) is 0.941. The average molecular weight is 294 g/mol. The molecule has 2 aliphatic heterocycles. The number of hydrogen-bond donors (Lipinski definition) is 1. The minimum atomic E-state index is 0.732. The molecule has 0 saturated carbocycles. The zero-order chi connectivity index (χ0) is 15.1. The van der Waals surface area contributed by atoms with Crippen LogP contribution in [-0.2, 0) is 0 Å². The van der Waals surface area contributed by atoms with Crippen LogP contribution in [0.4, 0.5) is 0 Å². The first-order chi connectivity index (χ1) is 10.3. The fourth-order valence-corrected chi connectivity index (χ4v) is 3.53. The number of nitrogens with zero attached hydrogens (tertiary/aromatic N) is 3. The largest absolute Gasteiger partial charge is 0.357 e. The molecule has 2 rings (SSSR count). The molecule has 0 aliphatic carbocycles. The van der Waals surface area contributed by atoms with Crippen molar-refractivity contribution in [1.29, 1.82) is 0 Å². The molecule has 0 aromatic heterocycles. The molecule has 1 N–H and O–H groups in total. The molecule has 4 nitrogen and oxygen atoms in total. The van der Waals surface area contributed by atoms with E-state index < -0.39 is 0 Å². The van der Waals surface area contributed by atoms with Gasteiger partial charge in [0.15, 0.2) is 5.96 Å². The smallest absolute Gasteiger partial charge is 0.193 e. The summed E-state index contributed by atoms with van der Waals surface area (Å²) in [6.07, 6.45) is 6.54. The lowest BCUT2D eigenvalue weighted by Crippen LogP contribution is -2.43. The molecule has 0 radical (unpaired) electrons. The zero-order valence-electron chi connectivity index (χ0n) is 14.3. The van der Waals surface area contributed by atoms with E-state index in [4.69, 9.17) is 4.99 Å². The lowest BCUT2D eigenvalue weighted by molar-refractivity contribution is 0.249. The van der Waals surface area contributed by atoms with E-state index in [9.17, 15) is 0 Å². The van der Waals surface area contributed by atoms with Crippen LogP contribution in [0.15, 0.2) is 4.99 Å². The summed E-state index contributed by atoms with van der Waals surface area (Å²) in [6.45, 7) is 13.6. The van der Waals surface area contributed by atoms with Crippen molar-refractivity contribution in [3.63, 3.8) is 0 Å². The van der Waals surface area contributed by atoms with Gasteiger partial charge in [0.25, 0.3) is 0 Å². The normalized spacial score (nSPS) is 24.3. The second kappa shape index (κ2) is 8.62. The lowest BCUT2D eigenvalue weighted by atomic mass is 10.0. The van der Waals surface area contributed by atoms with E-state index in [-0.39, 0.29) is 0 Å². The molecule has 2 fully saturated rings. The Bertz CT molecular complexity index is 319. The van der Waals surface area contributed by atoms with Gasteiger partial charge in [0.05, 0.1) is 0 Å². The van der Waals surface area contributed by atoms with E-state index in [1.807, 2.05) is 0 Å². The van der Waals surface area contributed by atoms with E-state index in [0.717, 1.165) is 44.1 Å². The van der Waals surface area contributed by atoms with Crippen LogP contribution >= 0.6 is 0 Å². The Morgan fingerprint density at radius 2 is 1.86 bits per heavy atom. The predicted molar refractivity (Wildman–Crippen MR) is 90.8 cm³/mol. The van der Waals surface area contributed by atoms with E-state index in [0.29, 0.717) is 0 Å². The molecule has 2 saturated heterocycles. The molecule has 1 atom stereocenters. The molecule has 0 aromatic carbocycles. The Kier molecular flexibility index (Phi) is 6.81. The van der Waals surface area contributed by atoms with Gasteiger partial charge in [0.2, 0.25) is 0 Å². The molecule has 1 unspecified atom stereocenters. The first-order valence-corrected chi connectivity index (χ1v) is 9.05. The van der Waals surface area contributed by atoms with E-state index >= 15 is 0 Å². The SMILES string of the molecule is CCNC(=NCC(CC)CC)N1CCC(N2CCCC2)C1. The summed E-state index contributed by atoms with van der Waals surface area (Å²) < 4.78 is 0. The monoisotopic (exact) mass is 294 g/mol. The van der Waals surface area contributed by atoms with Crippen LogP contribution in [0.3, 0.4) is 0 Å². The van der Waals surface area contributed by atoms with Gasteiger partial charge in [0, 0.05) is 32.2 Å². The molecule has 4 heteroatoms. The number of nitrogens with one attached hydrogen (secondary N) is 1. The van der Waals surface area contributed by atoms with Gasteiger partial charge >= 0.3 is 0 Å². The summed E-state index contributed by atoms with van der Waals surface area (Å²) >= 11 is 0. The molecule has 21 heavy (non-hydrogen) atoms. The molecular formula is C17H34N4. The van der Waals surface area contributed by atoms with Crippen molar-refractivity contribution in [2.24, 2.45) is 10.9 Å². The molecule has 0 amide bonds. The first-order valence-electron chi connectivity index (χ1n) is 9.05. The quantitative estimate of drug-likeness (QED) is 0.603. The average Bonchev–Trinajstić information content (AvgIpc) is 3.18. The van der Waals surface area contributed by atoms with Gasteiger partial charge in [-0.15, -0.1) is 0 Å². The fourth-order valence-electron chi connectivity index (χ4n) is 3.53. The standard InChI is InChI=1S/C17H34N4/c1-4-15(5-2)13-19-17(18-6-3)21-12-9-16(14-21)20-10-7-8-11-20/h15-16H,4-14H2,1-3H3,(H,18,19). The maximum absolute atomic E-state index is 4.91. The summed E-state index contributed by atoms with van der Waals surface area (Å²) in [5.74, 6) is 1.88. The number of aliphatic imine (C=N–C) groups is 1. The van der Waals surface area contributed by atoms with Crippen LogP contribution in [-0.4, -0.2) is 61.1 Å². The Morgan fingerprint density at radius 1 is 1.14 bits per heavy atom. The second-order valence-electron chi connectivity index (χ2n) is 6.51. The number of guanidine groups is 1. The first kappa shape index (κ1) is 16.6. The third-order valence-electron chi connectivity index (χ3n) is 5.11. The van der Waals surface area contributed by atoms with Crippen molar-refractivity contribution in [1.82, 2.24) is 15.1 Å². The summed E-state index contributed by atoms with van der Waals surface area (Å²) in [5, 5.41) is 3.50. The van der Waals surface area contributed by atoms with Gasteiger partial charge in [-0.2, -0.15) is 0 Å². The highest BCUT2D eigenvalue weighted by Crippen LogP contribution is 2.20. The zero-order valence-corrected chi connectivity index (χ0v) is 14.3. The highest BCUT2D eigenvalue weighted by molar-refractivity contribution is 5.80. The van der Waals surface area contributed by atoms with E-state index in [1.165, 1.54) is 45.2 Å². The molecule has 0 aromatic rings. The molecule has 2 heterocycles. The van der Waals surface area contributed by atoms with Crippen molar-refractivity contribution < 1.29 is 0 Å². The Hall–Kier alpha value is -0.770. The minimum absolute atomic E-state index is 0.732. The Labute approximate surface area is 131 Å². The van der Waals surface area contributed by atoms with Crippen LogP contribution in [0.2, 0.25) is 0 Å². The predicted octanol–water partition coefficient (Wildman–Crippen LogP) is 2.56. The summed E-state index contributed by atoms with van der Waals surface area (Å²) in [6, 6.07) is 0.754. The molecule has 122 valence electrons. The number of hydrogen-bond acceptors (Lipinski definition) is 2.